The second-order valence-electron chi connectivity index (χ2n) is 10.8. The number of anilines is 1. The van der Waals surface area contributed by atoms with Gasteiger partial charge in [-0.2, -0.15) is 5.10 Å². The predicted octanol–water partition coefficient (Wildman–Crippen LogP) is 5.67. The van der Waals surface area contributed by atoms with Crippen LogP contribution in [-0.2, 0) is 19.5 Å². The molecule has 5 nitrogen and oxygen atoms in total. The van der Waals surface area contributed by atoms with Gasteiger partial charge in [-0.3, -0.25) is 4.90 Å². The number of hydrogen-bond donors (Lipinski definition) is 0. The molecule has 0 amide bonds. The van der Waals surface area contributed by atoms with E-state index >= 15 is 0 Å². The van der Waals surface area contributed by atoms with Crippen molar-refractivity contribution < 1.29 is 0 Å². The van der Waals surface area contributed by atoms with E-state index in [0.717, 1.165) is 57.9 Å². The third kappa shape index (κ3) is 5.23. The molecule has 5 heteroatoms. The number of nitrogens with zero attached hydrogens (tertiary/aromatic N) is 5. The van der Waals surface area contributed by atoms with Crippen molar-refractivity contribution in [2.45, 2.75) is 73.0 Å². The molecule has 3 aromatic rings. The Bertz CT molecular complexity index is 1150. The van der Waals surface area contributed by atoms with Crippen LogP contribution in [0.4, 0.5) is 5.82 Å². The average Bonchev–Trinajstić information content (AvgIpc) is 3.67. The van der Waals surface area contributed by atoms with E-state index in [1.54, 1.807) is 0 Å². The van der Waals surface area contributed by atoms with E-state index in [4.69, 9.17) is 5.10 Å². The number of piperazine rings is 1. The molecule has 2 fully saturated rings. The van der Waals surface area contributed by atoms with Crippen LogP contribution in [0.5, 0.6) is 0 Å². The third-order valence-corrected chi connectivity index (χ3v) is 8.12. The van der Waals surface area contributed by atoms with Crippen LogP contribution in [0.3, 0.4) is 0 Å². The minimum atomic E-state index is 0.680. The van der Waals surface area contributed by atoms with Gasteiger partial charge in [0.1, 0.15) is 5.82 Å². The van der Waals surface area contributed by atoms with Gasteiger partial charge in [0, 0.05) is 50.9 Å². The Morgan fingerprint density at radius 1 is 0.861 bits per heavy atom. The summed E-state index contributed by atoms with van der Waals surface area (Å²) in [6.45, 7) is 18.8. The van der Waals surface area contributed by atoms with E-state index in [2.05, 4.69) is 96.5 Å². The fourth-order valence-corrected chi connectivity index (χ4v) is 5.90. The molecule has 2 heterocycles. The van der Waals surface area contributed by atoms with Crippen molar-refractivity contribution in [1.29, 1.82) is 0 Å². The molecule has 0 N–H and O–H groups in total. The van der Waals surface area contributed by atoms with E-state index in [1.807, 2.05) is 0 Å². The molecule has 0 atom stereocenters. The highest BCUT2D eigenvalue weighted by Gasteiger charge is 2.33. The molecule has 36 heavy (non-hydrogen) atoms. The first-order chi connectivity index (χ1) is 17.5. The quantitative estimate of drug-likeness (QED) is 0.390. The topological polar surface area (TPSA) is 27.5 Å². The summed E-state index contributed by atoms with van der Waals surface area (Å²) in [5.74, 6) is 1.32. The maximum absolute atomic E-state index is 5.23. The molecule has 1 saturated carbocycles. The molecule has 0 spiro atoms. The molecule has 0 unspecified atom stereocenters. The SMILES string of the molecule is CCc1nn(-c2ccccc2)c(N2CCN(CC)CC2)c1CN(Cc1c(C)cc(C)cc1C)C1CC1. The van der Waals surface area contributed by atoms with Crippen LogP contribution in [0.25, 0.3) is 5.69 Å². The summed E-state index contributed by atoms with van der Waals surface area (Å²) in [5, 5.41) is 5.23. The first-order valence-corrected chi connectivity index (χ1v) is 13.9. The standard InChI is InChI=1S/C31H43N5/c1-6-30-29(22-35(26-13-14-26)21-28-24(4)19-23(3)20-25(28)5)31(34-17-15-33(7-2)16-18-34)36(32-30)27-11-9-8-10-12-27/h8-12,19-20,26H,6-7,13-18,21-22H2,1-5H3. The zero-order valence-electron chi connectivity index (χ0n) is 22.9. The van der Waals surface area contributed by atoms with Crippen LogP contribution in [-0.4, -0.2) is 58.3 Å². The molecule has 0 bridgehead atoms. The highest BCUT2D eigenvalue weighted by Crippen LogP contribution is 2.36. The maximum atomic E-state index is 5.23. The monoisotopic (exact) mass is 485 g/mol. The number of aromatic nitrogens is 2. The third-order valence-electron chi connectivity index (χ3n) is 8.12. The Balaban J connectivity index is 1.53. The Labute approximate surface area is 217 Å². The average molecular weight is 486 g/mol. The van der Waals surface area contributed by atoms with E-state index in [0.29, 0.717) is 6.04 Å². The van der Waals surface area contributed by atoms with Gasteiger partial charge < -0.3 is 9.80 Å². The van der Waals surface area contributed by atoms with Crippen LogP contribution in [0.1, 0.15) is 60.2 Å². The van der Waals surface area contributed by atoms with Crippen molar-refractivity contribution in [3.63, 3.8) is 0 Å². The number of hydrogen-bond acceptors (Lipinski definition) is 4. The first-order valence-electron chi connectivity index (χ1n) is 13.9. The summed E-state index contributed by atoms with van der Waals surface area (Å²) >= 11 is 0. The van der Waals surface area contributed by atoms with E-state index in [9.17, 15) is 0 Å². The Hall–Kier alpha value is -2.63. The summed E-state index contributed by atoms with van der Waals surface area (Å²) in [4.78, 5) is 7.90. The van der Waals surface area contributed by atoms with Crippen molar-refractivity contribution in [2.75, 3.05) is 37.6 Å². The summed E-state index contributed by atoms with van der Waals surface area (Å²) in [6, 6.07) is 16.1. The van der Waals surface area contributed by atoms with Crippen LogP contribution in [0, 0.1) is 20.8 Å². The second-order valence-corrected chi connectivity index (χ2v) is 10.8. The number of benzene rings is 2. The van der Waals surface area contributed by atoms with Gasteiger partial charge in [0.2, 0.25) is 0 Å². The minimum Gasteiger partial charge on any atom is -0.354 e. The molecular formula is C31H43N5. The Morgan fingerprint density at radius 3 is 2.08 bits per heavy atom. The van der Waals surface area contributed by atoms with Crippen molar-refractivity contribution in [3.05, 3.63) is 76.0 Å². The van der Waals surface area contributed by atoms with Gasteiger partial charge in [0.15, 0.2) is 0 Å². The lowest BCUT2D eigenvalue weighted by atomic mass is 9.99. The maximum Gasteiger partial charge on any atom is 0.137 e. The van der Waals surface area contributed by atoms with E-state index < -0.39 is 0 Å². The number of likely N-dealkylation sites (N-methyl/N-ethyl adjacent to an activating group) is 1. The number of aryl methyl sites for hydroxylation is 4. The number of para-hydroxylation sites is 1. The predicted molar refractivity (Wildman–Crippen MR) is 150 cm³/mol. The fourth-order valence-electron chi connectivity index (χ4n) is 5.90. The molecule has 0 radical (unpaired) electrons. The Kier molecular flexibility index (Phi) is 7.49. The summed E-state index contributed by atoms with van der Waals surface area (Å²) in [5.41, 5.74) is 9.54. The number of rotatable bonds is 9. The minimum absolute atomic E-state index is 0.680. The summed E-state index contributed by atoms with van der Waals surface area (Å²) in [6.07, 6.45) is 3.57. The van der Waals surface area contributed by atoms with Crippen molar-refractivity contribution in [2.24, 2.45) is 0 Å². The molecule has 1 aliphatic heterocycles. The smallest absolute Gasteiger partial charge is 0.137 e. The van der Waals surface area contributed by atoms with Crippen LogP contribution in [0.2, 0.25) is 0 Å². The lowest BCUT2D eigenvalue weighted by molar-refractivity contribution is 0.243. The summed E-state index contributed by atoms with van der Waals surface area (Å²) in [7, 11) is 0. The van der Waals surface area contributed by atoms with Crippen molar-refractivity contribution in [3.8, 4) is 5.69 Å². The zero-order valence-corrected chi connectivity index (χ0v) is 22.9. The van der Waals surface area contributed by atoms with Gasteiger partial charge in [-0.1, -0.05) is 49.7 Å². The summed E-state index contributed by atoms with van der Waals surface area (Å²) < 4.78 is 2.24. The second kappa shape index (κ2) is 10.8. The fraction of sp³-hybridized carbons (Fsp3) is 0.516. The first kappa shape index (κ1) is 25.0. The van der Waals surface area contributed by atoms with Crippen LogP contribution >= 0.6 is 0 Å². The molecule has 1 saturated heterocycles. The highest BCUT2D eigenvalue weighted by molar-refractivity contribution is 5.56. The van der Waals surface area contributed by atoms with Gasteiger partial charge in [0.25, 0.3) is 0 Å². The van der Waals surface area contributed by atoms with Crippen molar-refractivity contribution in [1.82, 2.24) is 19.6 Å². The molecule has 2 aromatic carbocycles. The molecule has 5 rings (SSSR count). The van der Waals surface area contributed by atoms with Gasteiger partial charge in [-0.05, 0) is 75.4 Å². The highest BCUT2D eigenvalue weighted by atomic mass is 15.4. The van der Waals surface area contributed by atoms with Gasteiger partial charge >= 0.3 is 0 Å². The Morgan fingerprint density at radius 2 is 1.50 bits per heavy atom. The lowest BCUT2D eigenvalue weighted by Gasteiger charge is -2.36. The van der Waals surface area contributed by atoms with Crippen LogP contribution < -0.4 is 4.90 Å². The molecule has 2 aliphatic rings. The zero-order chi connectivity index (χ0) is 25.2. The van der Waals surface area contributed by atoms with Crippen LogP contribution in [0.15, 0.2) is 42.5 Å². The van der Waals surface area contributed by atoms with Crippen molar-refractivity contribution >= 4 is 5.82 Å². The largest absolute Gasteiger partial charge is 0.354 e. The molecule has 1 aromatic heterocycles. The van der Waals surface area contributed by atoms with Gasteiger partial charge in [-0.15, -0.1) is 0 Å². The van der Waals surface area contributed by atoms with Gasteiger partial charge in [0.05, 0.1) is 11.4 Å². The molecule has 192 valence electrons. The molecule has 1 aliphatic carbocycles. The van der Waals surface area contributed by atoms with E-state index in [1.165, 1.54) is 52.2 Å². The normalized spacial score (nSPS) is 16.8. The van der Waals surface area contributed by atoms with E-state index in [-0.39, 0.29) is 0 Å². The lowest BCUT2D eigenvalue weighted by Crippen LogP contribution is -2.47. The molecular weight excluding hydrogens is 442 g/mol. The van der Waals surface area contributed by atoms with Gasteiger partial charge in [-0.25, -0.2) is 4.68 Å².